The minimum atomic E-state index is 0.523. The molecule has 3 atom stereocenters. The number of hydrogen-bond acceptors (Lipinski definition) is 0. The highest BCUT2D eigenvalue weighted by molar-refractivity contribution is 5.04. The third-order valence-corrected chi connectivity index (χ3v) is 3.04. The zero-order valence-electron chi connectivity index (χ0n) is 7.76. The van der Waals surface area contributed by atoms with Gasteiger partial charge in [-0.3, -0.25) is 0 Å². The van der Waals surface area contributed by atoms with Crippen molar-refractivity contribution < 1.29 is 0 Å². The molecule has 0 aromatic carbocycles. The Labute approximate surface area is 77.1 Å². The maximum Gasteiger partial charge on any atom is -0.0197 e. The standard InChI is InChI=1S/C12H18/c1-5-11-8-12(9(2)3)7-6-10(11)4/h2,10-12H,1,3-8H2. The Morgan fingerprint density at radius 2 is 2.08 bits per heavy atom. The van der Waals surface area contributed by atoms with Crippen LogP contribution in [-0.2, 0) is 0 Å². The van der Waals surface area contributed by atoms with E-state index in [1.165, 1.54) is 12.8 Å². The van der Waals surface area contributed by atoms with Gasteiger partial charge >= 0.3 is 0 Å². The van der Waals surface area contributed by atoms with Gasteiger partial charge in [0.05, 0.1) is 0 Å². The van der Waals surface area contributed by atoms with Gasteiger partial charge in [0, 0.05) is 0 Å². The van der Waals surface area contributed by atoms with E-state index >= 15 is 0 Å². The molecule has 0 spiro atoms. The molecule has 1 rings (SSSR count). The Morgan fingerprint density at radius 1 is 1.42 bits per heavy atom. The summed E-state index contributed by atoms with van der Waals surface area (Å²) in [5.41, 5.74) is 0.848. The van der Waals surface area contributed by atoms with Gasteiger partial charge in [0.25, 0.3) is 0 Å². The van der Waals surface area contributed by atoms with Crippen LogP contribution in [0.3, 0.4) is 0 Å². The van der Waals surface area contributed by atoms with Gasteiger partial charge in [-0.2, -0.15) is 0 Å². The van der Waals surface area contributed by atoms with E-state index in [0.717, 1.165) is 18.4 Å². The van der Waals surface area contributed by atoms with Crippen molar-refractivity contribution in [3.8, 4) is 0 Å². The normalized spacial score (nSPS) is 36.4. The lowest BCUT2D eigenvalue weighted by Crippen LogP contribution is -2.23. The number of hydrogen-bond donors (Lipinski definition) is 0. The summed E-state index contributed by atoms with van der Waals surface area (Å²) < 4.78 is 0. The van der Waals surface area contributed by atoms with E-state index in [4.69, 9.17) is 6.58 Å². The lowest BCUT2D eigenvalue weighted by molar-refractivity contribution is 0.236. The first-order valence-corrected chi connectivity index (χ1v) is 4.71. The summed E-state index contributed by atoms with van der Waals surface area (Å²) >= 11 is 0. The smallest absolute Gasteiger partial charge is 0.0197 e. The van der Waals surface area contributed by atoms with Crippen LogP contribution in [0.5, 0.6) is 0 Å². The molecule has 12 heavy (non-hydrogen) atoms. The number of allylic oxidation sites excluding steroid dienone is 1. The van der Waals surface area contributed by atoms with Crippen LogP contribution in [-0.4, -0.2) is 0 Å². The highest BCUT2D eigenvalue weighted by Gasteiger charge is 2.26. The van der Waals surface area contributed by atoms with Gasteiger partial charge in [0.15, 0.2) is 0 Å². The average molecular weight is 162 g/mol. The molecule has 1 saturated carbocycles. The van der Waals surface area contributed by atoms with Crippen LogP contribution in [0.25, 0.3) is 0 Å². The van der Waals surface area contributed by atoms with E-state index < -0.39 is 0 Å². The second kappa shape index (κ2) is 4.11. The van der Waals surface area contributed by atoms with Crippen molar-refractivity contribution in [3.05, 3.63) is 32.9 Å². The molecule has 0 heterocycles. The third-order valence-electron chi connectivity index (χ3n) is 3.04. The van der Waals surface area contributed by atoms with E-state index in [1.54, 1.807) is 0 Å². The highest BCUT2D eigenvalue weighted by atomic mass is 14.3. The molecule has 1 aliphatic carbocycles. The first-order valence-electron chi connectivity index (χ1n) is 4.71. The van der Waals surface area contributed by atoms with E-state index in [1.807, 2.05) is 0 Å². The second-order valence-electron chi connectivity index (χ2n) is 3.89. The predicted molar refractivity (Wildman–Crippen MR) is 52.8 cm³/mol. The summed E-state index contributed by atoms with van der Waals surface area (Å²) in [7, 11) is 0. The molecule has 0 nitrogen and oxygen atoms in total. The maximum atomic E-state index is 5.69. The molecule has 3 unspecified atom stereocenters. The quantitative estimate of drug-likeness (QED) is 0.584. The zero-order valence-corrected chi connectivity index (χ0v) is 7.76. The molecule has 4 radical (unpaired) electrons. The van der Waals surface area contributed by atoms with Gasteiger partial charge in [0.2, 0.25) is 0 Å². The second-order valence-corrected chi connectivity index (χ2v) is 3.89. The minimum Gasteiger partial charge on any atom is -0.0668 e. The molecule has 0 amide bonds. The van der Waals surface area contributed by atoms with Crippen molar-refractivity contribution in [2.45, 2.75) is 25.7 Å². The van der Waals surface area contributed by atoms with Crippen molar-refractivity contribution in [3.63, 3.8) is 0 Å². The fourth-order valence-electron chi connectivity index (χ4n) is 2.02. The molecule has 0 aromatic heterocycles. The van der Waals surface area contributed by atoms with Gasteiger partial charge in [-0.05, 0) is 50.9 Å². The van der Waals surface area contributed by atoms with Crippen LogP contribution in [0.4, 0.5) is 0 Å². The van der Waals surface area contributed by atoms with Crippen LogP contribution in [0.2, 0.25) is 0 Å². The monoisotopic (exact) mass is 162 g/mol. The summed E-state index contributed by atoms with van der Waals surface area (Å²) in [4.78, 5) is 0. The molecule has 0 saturated heterocycles. The van der Waals surface area contributed by atoms with Crippen LogP contribution < -0.4 is 0 Å². The summed E-state index contributed by atoms with van der Waals surface area (Å²) in [6, 6.07) is 0. The van der Waals surface area contributed by atoms with Crippen LogP contribution >= 0.6 is 0 Å². The van der Waals surface area contributed by atoms with Gasteiger partial charge in [0.1, 0.15) is 0 Å². The lowest BCUT2D eigenvalue weighted by atomic mass is 9.72. The zero-order chi connectivity index (χ0) is 9.14. The SMILES string of the molecule is [CH]=C([CH2])C1CCC([CH2])C(C[CH2])C1. The largest absolute Gasteiger partial charge is 0.0668 e. The lowest BCUT2D eigenvalue weighted by Gasteiger charge is -2.33. The summed E-state index contributed by atoms with van der Waals surface area (Å²) in [5, 5.41) is 0. The van der Waals surface area contributed by atoms with Crippen LogP contribution in [0, 0.1) is 45.1 Å². The molecule has 0 bridgehead atoms. The fraction of sp³-hybridized carbons (Fsp3) is 0.583. The fourth-order valence-corrected chi connectivity index (χ4v) is 2.02. The Kier molecular flexibility index (Phi) is 3.37. The van der Waals surface area contributed by atoms with Crippen molar-refractivity contribution in [1.82, 2.24) is 0 Å². The van der Waals surface area contributed by atoms with Crippen molar-refractivity contribution in [2.24, 2.45) is 17.8 Å². The van der Waals surface area contributed by atoms with Crippen molar-refractivity contribution in [2.75, 3.05) is 0 Å². The Bertz CT molecular complexity index is 157. The summed E-state index contributed by atoms with van der Waals surface area (Å²) in [6.45, 7) is 17.6. The van der Waals surface area contributed by atoms with Crippen LogP contribution in [0.1, 0.15) is 25.7 Å². The molecular weight excluding hydrogens is 144 g/mol. The van der Waals surface area contributed by atoms with Gasteiger partial charge in [-0.25, -0.2) is 0 Å². The molecule has 0 heteroatoms. The Hall–Kier alpha value is -0.260. The predicted octanol–water partition coefficient (Wildman–Crippen LogP) is 3.27. The molecular formula is C12H18. The third kappa shape index (κ3) is 2.12. The minimum absolute atomic E-state index is 0.523. The van der Waals surface area contributed by atoms with E-state index in [-0.39, 0.29) is 0 Å². The van der Waals surface area contributed by atoms with Crippen molar-refractivity contribution >= 4 is 0 Å². The topological polar surface area (TPSA) is 0 Å². The Balaban J connectivity index is 2.49. The molecule has 1 aliphatic rings. The van der Waals surface area contributed by atoms with Gasteiger partial charge in [-0.15, -0.1) is 0 Å². The molecule has 0 aliphatic heterocycles. The van der Waals surface area contributed by atoms with Crippen LogP contribution in [0.15, 0.2) is 5.57 Å². The first-order chi connectivity index (χ1) is 5.65. The van der Waals surface area contributed by atoms with Gasteiger partial charge in [-0.1, -0.05) is 25.5 Å². The first kappa shape index (κ1) is 9.83. The molecule has 0 aromatic rings. The summed E-state index contributed by atoms with van der Waals surface area (Å²) in [6.07, 6.45) is 4.48. The Morgan fingerprint density at radius 3 is 2.58 bits per heavy atom. The van der Waals surface area contributed by atoms with Crippen molar-refractivity contribution in [1.29, 1.82) is 0 Å². The molecule has 66 valence electrons. The molecule has 1 fully saturated rings. The maximum absolute atomic E-state index is 5.69. The van der Waals surface area contributed by atoms with E-state index in [9.17, 15) is 0 Å². The van der Waals surface area contributed by atoms with Gasteiger partial charge < -0.3 is 0 Å². The molecule has 0 N–H and O–H groups in total. The van der Waals surface area contributed by atoms with E-state index in [2.05, 4.69) is 20.8 Å². The van der Waals surface area contributed by atoms with E-state index in [0.29, 0.717) is 17.8 Å². The highest BCUT2D eigenvalue weighted by Crippen LogP contribution is 2.37. The number of rotatable bonds is 2. The summed E-state index contributed by atoms with van der Waals surface area (Å²) in [5.74, 6) is 1.76. The average Bonchev–Trinajstić information content (AvgIpc) is 2.05.